The van der Waals surface area contributed by atoms with Gasteiger partial charge in [0.15, 0.2) is 0 Å². The van der Waals surface area contributed by atoms with Gasteiger partial charge in [-0.3, -0.25) is 4.79 Å². The van der Waals surface area contributed by atoms with Crippen LogP contribution in [0.3, 0.4) is 0 Å². The van der Waals surface area contributed by atoms with E-state index in [1.807, 2.05) is 0 Å². The van der Waals surface area contributed by atoms with Crippen molar-refractivity contribution < 1.29 is 14.3 Å². The minimum absolute atomic E-state index is 0.156. The minimum atomic E-state index is -0.323. The maximum absolute atomic E-state index is 13.4. The Kier molecular flexibility index (Phi) is 5.22. The molecule has 0 saturated heterocycles. The second-order valence-electron chi connectivity index (χ2n) is 4.56. The fourth-order valence-electron chi connectivity index (χ4n) is 1.75. The number of nitrogens with one attached hydrogen (secondary N) is 1. The molecular weight excluding hydrogens is 289 g/mol. The summed E-state index contributed by atoms with van der Waals surface area (Å²) in [5.74, 6) is -0.288. The average Bonchev–Trinajstić information content (AvgIpc) is 2.48. The van der Waals surface area contributed by atoms with Crippen molar-refractivity contribution in [3.05, 3.63) is 59.9 Å². The number of rotatable bonds is 5. The molecule has 110 valence electrons. The first-order chi connectivity index (χ1) is 10.1. The van der Waals surface area contributed by atoms with Crippen LogP contribution >= 0.6 is 11.8 Å². The number of aromatic hydroxyl groups is 1. The van der Waals surface area contributed by atoms with Crippen molar-refractivity contribution in [1.82, 2.24) is 5.32 Å². The van der Waals surface area contributed by atoms with Crippen LogP contribution in [0.25, 0.3) is 0 Å². The second kappa shape index (κ2) is 7.13. The van der Waals surface area contributed by atoms with Crippen LogP contribution in [-0.4, -0.2) is 16.3 Å². The van der Waals surface area contributed by atoms with E-state index in [-0.39, 0.29) is 29.3 Å². The summed E-state index contributed by atoms with van der Waals surface area (Å²) >= 11 is 1.38. The van der Waals surface area contributed by atoms with Crippen LogP contribution in [0.5, 0.6) is 5.75 Å². The standard InChI is InChI=1S/C16H16FNO2S/c1-11(21-14-8-6-13(19)7-9-14)16(20)18-10-12-4-2-3-5-15(12)17/h2-9,11,19H,10H2,1H3,(H,18,20). The summed E-state index contributed by atoms with van der Waals surface area (Å²) in [6.45, 7) is 1.96. The number of carbonyl (C=O) groups excluding carboxylic acids is 1. The summed E-state index contributed by atoms with van der Waals surface area (Å²) in [7, 11) is 0. The van der Waals surface area contributed by atoms with Crippen LogP contribution in [0.1, 0.15) is 12.5 Å². The molecule has 0 aromatic heterocycles. The van der Waals surface area contributed by atoms with Gasteiger partial charge >= 0.3 is 0 Å². The molecule has 3 nitrogen and oxygen atoms in total. The summed E-state index contributed by atoms with van der Waals surface area (Å²) in [5.41, 5.74) is 0.465. The van der Waals surface area contributed by atoms with E-state index in [1.165, 1.54) is 17.8 Å². The molecule has 2 aromatic carbocycles. The van der Waals surface area contributed by atoms with E-state index in [4.69, 9.17) is 0 Å². The third-order valence-electron chi connectivity index (χ3n) is 2.93. The number of phenolic OH excluding ortho intramolecular Hbond substituents is 1. The van der Waals surface area contributed by atoms with Crippen molar-refractivity contribution >= 4 is 17.7 Å². The van der Waals surface area contributed by atoms with E-state index in [9.17, 15) is 14.3 Å². The monoisotopic (exact) mass is 305 g/mol. The summed E-state index contributed by atoms with van der Waals surface area (Å²) < 4.78 is 13.4. The molecule has 0 fully saturated rings. The highest BCUT2D eigenvalue weighted by molar-refractivity contribution is 8.00. The smallest absolute Gasteiger partial charge is 0.233 e. The number of thioether (sulfide) groups is 1. The maximum Gasteiger partial charge on any atom is 0.233 e. The zero-order valence-electron chi connectivity index (χ0n) is 11.5. The maximum atomic E-state index is 13.4. The van der Waals surface area contributed by atoms with Crippen LogP contribution in [0.15, 0.2) is 53.4 Å². The molecule has 2 N–H and O–H groups in total. The molecule has 5 heteroatoms. The molecule has 0 saturated carbocycles. The first kappa shape index (κ1) is 15.4. The molecule has 0 aliphatic heterocycles. The topological polar surface area (TPSA) is 49.3 Å². The van der Waals surface area contributed by atoms with E-state index >= 15 is 0 Å². The Balaban J connectivity index is 1.88. The molecule has 0 aliphatic rings. The van der Waals surface area contributed by atoms with Gasteiger partial charge in [0.2, 0.25) is 5.91 Å². The van der Waals surface area contributed by atoms with Gasteiger partial charge in [0.25, 0.3) is 0 Å². The Bertz CT molecular complexity index is 616. The first-order valence-electron chi connectivity index (χ1n) is 6.53. The molecule has 1 atom stereocenters. The van der Waals surface area contributed by atoms with Gasteiger partial charge in [-0.2, -0.15) is 0 Å². The molecule has 0 spiro atoms. The predicted molar refractivity (Wildman–Crippen MR) is 81.7 cm³/mol. The highest BCUT2D eigenvalue weighted by Crippen LogP contribution is 2.25. The number of hydrogen-bond acceptors (Lipinski definition) is 3. The van der Waals surface area contributed by atoms with E-state index in [0.29, 0.717) is 5.56 Å². The lowest BCUT2D eigenvalue weighted by Crippen LogP contribution is -2.30. The zero-order chi connectivity index (χ0) is 15.2. The van der Waals surface area contributed by atoms with Gasteiger partial charge in [-0.15, -0.1) is 11.8 Å². The van der Waals surface area contributed by atoms with Crippen molar-refractivity contribution in [3.8, 4) is 5.75 Å². The van der Waals surface area contributed by atoms with Crippen LogP contribution in [0, 0.1) is 5.82 Å². The van der Waals surface area contributed by atoms with Crippen LogP contribution in [0.2, 0.25) is 0 Å². The van der Waals surface area contributed by atoms with Gasteiger partial charge in [0, 0.05) is 17.0 Å². The Labute approximate surface area is 127 Å². The quantitative estimate of drug-likeness (QED) is 0.833. The van der Waals surface area contributed by atoms with Crippen molar-refractivity contribution in [3.63, 3.8) is 0 Å². The predicted octanol–water partition coefficient (Wildman–Crippen LogP) is 3.33. The van der Waals surface area contributed by atoms with Crippen LogP contribution in [-0.2, 0) is 11.3 Å². The fraction of sp³-hybridized carbons (Fsp3) is 0.188. The van der Waals surface area contributed by atoms with Crippen LogP contribution < -0.4 is 5.32 Å². The summed E-state index contributed by atoms with van der Waals surface area (Å²) in [6.07, 6.45) is 0. The number of benzene rings is 2. The van der Waals surface area contributed by atoms with E-state index < -0.39 is 0 Å². The second-order valence-corrected chi connectivity index (χ2v) is 5.98. The molecule has 1 unspecified atom stereocenters. The van der Waals surface area contributed by atoms with Gasteiger partial charge in [-0.05, 0) is 37.3 Å². The Morgan fingerprint density at radius 3 is 2.57 bits per heavy atom. The van der Waals surface area contributed by atoms with Gasteiger partial charge in [0.05, 0.1) is 5.25 Å². The number of amides is 1. The fourth-order valence-corrected chi connectivity index (χ4v) is 2.64. The zero-order valence-corrected chi connectivity index (χ0v) is 12.4. The molecule has 21 heavy (non-hydrogen) atoms. The largest absolute Gasteiger partial charge is 0.508 e. The van der Waals surface area contributed by atoms with Gasteiger partial charge in [-0.25, -0.2) is 4.39 Å². The summed E-state index contributed by atoms with van der Waals surface area (Å²) in [5, 5.41) is 11.6. The Morgan fingerprint density at radius 2 is 1.90 bits per heavy atom. The van der Waals surface area contributed by atoms with Crippen molar-refractivity contribution in [2.45, 2.75) is 23.6 Å². The molecule has 0 aliphatic carbocycles. The van der Waals surface area contributed by atoms with Gasteiger partial charge in [-0.1, -0.05) is 18.2 Å². The number of carbonyl (C=O) groups is 1. The lowest BCUT2D eigenvalue weighted by molar-refractivity contribution is -0.120. The van der Waals surface area contributed by atoms with E-state index in [0.717, 1.165) is 4.90 Å². The highest BCUT2D eigenvalue weighted by Gasteiger charge is 2.14. The SMILES string of the molecule is CC(Sc1ccc(O)cc1)C(=O)NCc1ccccc1F. The molecule has 0 radical (unpaired) electrons. The summed E-state index contributed by atoms with van der Waals surface area (Å²) in [6, 6.07) is 13.0. The number of hydrogen-bond donors (Lipinski definition) is 2. The van der Waals surface area contributed by atoms with Gasteiger partial charge in [0.1, 0.15) is 11.6 Å². The minimum Gasteiger partial charge on any atom is -0.508 e. The van der Waals surface area contributed by atoms with Crippen LogP contribution in [0.4, 0.5) is 4.39 Å². The molecule has 2 rings (SSSR count). The van der Waals surface area contributed by atoms with Crippen molar-refractivity contribution in [1.29, 1.82) is 0 Å². The number of phenols is 1. The first-order valence-corrected chi connectivity index (χ1v) is 7.41. The lowest BCUT2D eigenvalue weighted by atomic mass is 10.2. The average molecular weight is 305 g/mol. The van der Waals surface area contributed by atoms with E-state index in [2.05, 4.69) is 5.32 Å². The Hall–Kier alpha value is -2.01. The normalized spacial score (nSPS) is 11.9. The number of halogens is 1. The van der Waals surface area contributed by atoms with E-state index in [1.54, 1.807) is 49.4 Å². The highest BCUT2D eigenvalue weighted by atomic mass is 32.2. The molecule has 0 heterocycles. The third-order valence-corrected chi connectivity index (χ3v) is 4.04. The van der Waals surface area contributed by atoms with Gasteiger partial charge < -0.3 is 10.4 Å². The molecule has 2 aromatic rings. The molecular formula is C16H16FNO2S. The Morgan fingerprint density at radius 1 is 1.24 bits per heavy atom. The molecule has 1 amide bonds. The van der Waals surface area contributed by atoms with Crippen molar-refractivity contribution in [2.75, 3.05) is 0 Å². The molecule has 0 bridgehead atoms. The third kappa shape index (κ3) is 4.49. The lowest BCUT2D eigenvalue weighted by Gasteiger charge is -2.12. The van der Waals surface area contributed by atoms with Crippen molar-refractivity contribution in [2.24, 2.45) is 0 Å². The summed E-state index contributed by atoms with van der Waals surface area (Å²) in [4.78, 5) is 12.9.